The molecule has 2 unspecified atom stereocenters. The van der Waals surface area contributed by atoms with Gasteiger partial charge < -0.3 is 45.8 Å². The average Bonchev–Trinajstić information content (AvgIpc) is 3.09. The van der Waals surface area contributed by atoms with E-state index in [2.05, 4.69) is 4.74 Å². The predicted molar refractivity (Wildman–Crippen MR) is 115 cm³/mol. The second kappa shape index (κ2) is 15.4. The Morgan fingerprint density at radius 3 is 2.06 bits per heavy atom. The molecule has 198 valence electrons. The fourth-order valence-electron chi connectivity index (χ4n) is 2.47. The third-order valence-corrected chi connectivity index (χ3v) is 4.25. The number of imide groups is 1. The van der Waals surface area contributed by atoms with Crippen LogP contribution in [-0.2, 0) is 9.53 Å². The Balaban J connectivity index is 0.000000605. The molecular weight excluding hydrogens is 476 g/mol. The van der Waals surface area contributed by atoms with E-state index in [1.807, 2.05) is 5.32 Å². The van der Waals surface area contributed by atoms with Crippen molar-refractivity contribution in [1.82, 2.24) is 20.4 Å². The largest absolute Gasteiger partial charge is 0.508 e. The zero-order valence-corrected chi connectivity index (χ0v) is 19.0. The number of rotatable bonds is 7. The number of aromatic hydroxyl groups is 1. The summed E-state index contributed by atoms with van der Waals surface area (Å²) in [6, 6.07) is 3.74. The Bertz CT molecular complexity index is 836. The van der Waals surface area contributed by atoms with E-state index in [0.29, 0.717) is 15.4 Å². The standard InChI is InChI=1S/C8H14N4O7.C8H8O3.C3H8O2/c13-1-8(11(3-15)6(18)9-2-14)5(17)10-7(19)12(8)4-16;1-11-8(10)6-2-4-7(9)5-3-6;1-3(5)2-4/h13-16H,1-4H2,(H,9,18)(H,10,17,19);2-5,9H,1H3;3-5H,2H2,1H3. The lowest BCUT2D eigenvalue weighted by Gasteiger charge is -2.40. The van der Waals surface area contributed by atoms with Crippen molar-refractivity contribution in [2.45, 2.75) is 18.7 Å². The maximum atomic E-state index is 11.8. The molecule has 1 aliphatic rings. The van der Waals surface area contributed by atoms with Crippen LogP contribution < -0.4 is 10.6 Å². The number of benzene rings is 1. The number of phenolic OH excluding ortho intramolecular Hbond substituents is 1. The molecule has 0 aromatic heterocycles. The highest BCUT2D eigenvalue weighted by molar-refractivity contribution is 6.08. The van der Waals surface area contributed by atoms with Crippen molar-refractivity contribution in [2.75, 3.05) is 40.5 Å². The number of urea groups is 2. The van der Waals surface area contributed by atoms with Crippen LogP contribution >= 0.6 is 0 Å². The lowest BCUT2D eigenvalue weighted by Crippen LogP contribution is -2.68. The van der Waals surface area contributed by atoms with Crippen LogP contribution in [0.15, 0.2) is 24.3 Å². The summed E-state index contributed by atoms with van der Waals surface area (Å²) in [5, 5.41) is 64.8. The number of carbonyl (C=O) groups excluding carboxylic acids is 4. The van der Waals surface area contributed by atoms with Crippen molar-refractivity contribution < 1.29 is 59.7 Å². The smallest absolute Gasteiger partial charge is 0.337 e. The minimum absolute atomic E-state index is 0.137. The third-order valence-electron chi connectivity index (χ3n) is 4.25. The lowest BCUT2D eigenvalue weighted by atomic mass is 10.1. The van der Waals surface area contributed by atoms with Gasteiger partial charge in [-0.05, 0) is 31.2 Å². The maximum absolute atomic E-state index is 11.8. The molecule has 1 fully saturated rings. The molecule has 2 atom stereocenters. The molecule has 0 aliphatic carbocycles. The number of nitrogens with one attached hydrogen (secondary N) is 2. The van der Waals surface area contributed by atoms with Gasteiger partial charge in [0.15, 0.2) is 0 Å². The van der Waals surface area contributed by atoms with Gasteiger partial charge in [0.2, 0.25) is 5.66 Å². The van der Waals surface area contributed by atoms with Crippen LogP contribution in [0.4, 0.5) is 9.59 Å². The summed E-state index contributed by atoms with van der Waals surface area (Å²) in [5.74, 6) is -1.35. The number of hydrogen-bond donors (Lipinski definition) is 9. The topological polar surface area (TPSA) is 250 Å². The van der Waals surface area contributed by atoms with Crippen molar-refractivity contribution in [3.8, 4) is 5.75 Å². The Morgan fingerprint density at radius 1 is 1.14 bits per heavy atom. The van der Waals surface area contributed by atoms with E-state index in [1.54, 1.807) is 5.32 Å². The molecule has 1 aromatic carbocycles. The number of amides is 5. The summed E-state index contributed by atoms with van der Waals surface area (Å²) in [4.78, 5) is 46.5. The van der Waals surface area contributed by atoms with Gasteiger partial charge in [0.05, 0.1) is 32.0 Å². The maximum Gasteiger partial charge on any atom is 0.337 e. The van der Waals surface area contributed by atoms with Gasteiger partial charge in [-0.3, -0.25) is 19.9 Å². The molecular formula is C19H30N4O12. The summed E-state index contributed by atoms with van der Waals surface area (Å²) in [6.45, 7) is -2.46. The minimum Gasteiger partial charge on any atom is -0.508 e. The van der Waals surface area contributed by atoms with Gasteiger partial charge in [0.1, 0.15) is 25.9 Å². The van der Waals surface area contributed by atoms with Gasteiger partial charge in [0.25, 0.3) is 5.91 Å². The molecule has 1 saturated heterocycles. The quantitative estimate of drug-likeness (QED) is 0.0998. The Kier molecular flexibility index (Phi) is 13.8. The highest BCUT2D eigenvalue weighted by Gasteiger charge is 2.58. The van der Waals surface area contributed by atoms with Crippen LogP contribution in [0.5, 0.6) is 5.75 Å². The number of aliphatic hydroxyl groups excluding tert-OH is 6. The average molecular weight is 506 g/mol. The van der Waals surface area contributed by atoms with Crippen LogP contribution in [0.2, 0.25) is 0 Å². The molecule has 0 spiro atoms. The van der Waals surface area contributed by atoms with Crippen molar-refractivity contribution in [3.63, 3.8) is 0 Å². The molecule has 35 heavy (non-hydrogen) atoms. The van der Waals surface area contributed by atoms with Crippen LogP contribution in [0.1, 0.15) is 17.3 Å². The van der Waals surface area contributed by atoms with Crippen LogP contribution in [0.25, 0.3) is 0 Å². The number of phenols is 1. The number of esters is 1. The fourth-order valence-corrected chi connectivity index (χ4v) is 2.47. The molecule has 0 bridgehead atoms. The first-order chi connectivity index (χ1) is 16.5. The normalized spacial score (nSPS) is 17.2. The SMILES string of the molecule is CC(O)CO.COC(=O)c1ccc(O)cc1.O=C(NCO)N(CO)C1(CO)C(=O)NC(=O)N1CO. The summed E-state index contributed by atoms with van der Waals surface area (Å²) in [5.41, 5.74) is -1.84. The molecule has 0 saturated carbocycles. The van der Waals surface area contributed by atoms with Crippen LogP contribution in [-0.4, -0.2) is 122 Å². The predicted octanol–water partition coefficient (Wildman–Crippen LogP) is -3.37. The first-order valence-electron chi connectivity index (χ1n) is 9.78. The number of nitrogens with zero attached hydrogens (tertiary/aromatic N) is 2. The second-order valence-electron chi connectivity index (χ2n) is 6.58. The Labute approximate surface area is 199 Å². The third kappa shape index (κ3) is 8.32. The molecule has 16 nitrogen and oxygen atoms in total. The second-order valence-corrected chi connectivity index (χ2v) is 6.58. The molecule has 0 radical (unpaired) electrons. The highest BCUT2D eigenvalue weighted by Crippen LogP contribution is 2.25. The lowest BCUT2D eigenvalue weighted by molar-refractivity contribution is -0.147. The van der Waals surface area contributed by atoms with E-state index in [0.717, 1.165) is 0 Å². The van der Waals surface area contributed by atoms with Crippen LogP contribution in [0.3, 0.4) is 0 Å². The summed E-state index contributed by atoms with van der Waals surface area (Å²) >= 11 is 0. The van der Waals surface area contributed by atoms with E-state index in [4.69, 9.17) is 30.6 Å². The van der Waals surface area contributed by atoms with Crippen molar-refractivity contribution >= 4 is 23.9 Å². The Hall–Kier alpha value is -3.54. The zero-order chi connectivity index (χ0) is 27.2. The van der Waals surface area contributed by atoms with Gasteiger partial charge in [0, 0.05) is 0 Å². The van der Waals surface area contributed by atoms with E-state index < -0.39 is 62.5 Å². The van der Waals surface area contributed by atoms with E-state index in [9.17, 15) is 24.3 Å². The van der Waals surface area contributed by atoms with E-state index in [1.165, 1.54) is 38.3 Å². The summed E-state index contributed by atoms with van der Waals surface area (Å²) in [6.07, 6.45) is -0.560. The van der Waals surface area contributed by atoms with Gasteiger partial charge in [-0.2, -0.15) is 0 Å². The molecule has 16 heteroatoms. The number of aliphatic hydroxyl groups is 6. The zero-order valence-electron chi connectivity index (χ0n) is 19.0. The first-order valence-corrected chi connectivity index (χ1v) is 9.78. The molecule has 5 amide bonds. The fraction of sp³-hybridized carbons (Fsp3) is 0.474. The summed E-state index contributed by atoms with van der Waals surface area (Å²) < 4.78 is 4.46. The molecule has 9 N–H and O–H groups in total. The van der Waals surface area contributed by atoms with E-state index in [-0.39, 0.29) is 12.4 Å². The Morgan fingerprint density at radius 2 is 1.69 bits per heavy atom. The van der Waals surface area contributed by atoms with Crippen molar-refractivity contribution in [2.24, 2.45) is 0 Å². The number of carbonyl (C=O) groups is 4. The minimum atomic E-state index is -2.28. The van der Waals surface area contributed by atoms with Gasteiger partial charge in [-0.1, -0.05) is 0 Å². The molecule has 1 heterocycles. The number of hydrogen-bond acceptors (Lipinski definition) is 12. The number of ether oxygens (including phenoxy) is 1. The van der Waals surface area contributed by atoms with Gasteiger partial charge >= 0.3 is 18.0 Å². The molecule has 1 aromatic rings. The summed E-state index contributed by atoms with van der Waals surface area (Å²) in [7, 11) is 1.31. The van der Waals surface area contributed by atoms with Crippen molar-refractivity contribution in [1.29, 1.82) is 0 Å². The highest BCUT2D eigenvalue weighted by atomic mass is 16.5. The monoisotopic (exact) mass is 506 g/mol. The van der Waals surface area contributed by atoms with Gasteiger partial charge in [-0.15, -0.1) is 0 Å². The molecule has 1 aliphatic heterocycles. The first kappa shape index (κ1) is 31.5. The number of methoxy groups -OCH3 is 1. The van der Waals surface area contributed by atoms with E-state index >= 15 is 0 Å². The van der Waals surface area contributed by atoms with Crippen LogP contribution in [0, 0.1) is 0 Å². The molecule has 2 rings (SSSR count). The van der Waals surface area contributed by atoms with Gasteiger partial charge in [-0.25, -0.2) is 14.4 Å². The van der Waals surface area contributed by atoms with Crippen molar-refractivity contribution in [3.05, 3.63) is 29.8 Å².